The molecule has 0 aromatic heterocycles. The molecule has 0 aliphatic carbocycles. The molecule has 0 saturated carbocycles. The second kappa shape index (κ2) is 8.05. The smallest absolute Gasteiger partial charge is 0.410 e. The molecule has 1 saturated heterocycles. The molecule has 1 rings (SSSR count). The summed E-state index contributed by atoms with van der Waals surface area (Å²) in [7, 11) is 3.46. The number of aliphatic imine (C=N–C) groups is 1. The van der Waals surface area contributed by atoms with Gasteiger partial charge in [-0.25, -0.2) is 4.79 Å². The fourth-order valence-corrected chi connectivity index (χ4v) is 2.37. The highest BCUT2D eigenvalue weighted by atomic mass is 16.6. The van der Waals surface area contributed by atoms with Crippen LogP contribution in [0.3, 0.4) is 0 Å². The standard InChI is InChI=1S/C17H34N4O3/c1-16(2,3)13(23-8)9-19-14(18-7)20-12-10-21(11-12)15(22)24-17(4,5)6/h12-13H,9-11H2,1-8H3,(H2,18,19,20). The van der Waals surface area contributed by atoms with Crippen molar-refractivity contribution in [3.63, 3.8) is 0 Å². The van der Waals surface area contributed by atoms with E-state index in [4.69, 9.17) is 9.47 Å². The Morgan fingerprint density at radius 3 is 2.25 bits per heavy atom. The molecule has 2 N–H and O–H groups in total. The van der Waals surface area contributed by atoms with Crippen molar-refractivity contribution in [3.8, 4) is 0 Å². The lowest BCUT2D eigenvalue weighted by Gasteiger charge is -2.40. The number of rotatable bonds is 4. The third-order valence-electron chi connectivity index (χ3n) is 3.80. The van der Waals surface area contributed by atoms with E-state index in [9.17, 15) is 4.79 Å². The molecule has 7 nitrogen and oxygen atoms in total. The topological polar surface area (TPSA) is 75.2 Å². The number of likely N-dealkylation sites (tertiary alicyclic amines) is 1. The van der Waals surface area contributed by atoms with Crippen molar-refractivity contribution in [2.75, 3.05) is 33.8 Å². The number of hydrogen-bond donors (Lipinski definition) is 2. The van der Waals surface area contributed by atoms with Gasteiger partial charge in [0.15, 0.2) is 5.96 Å². The van der Waals surface area contributed by atoms with Crippen LogP contribution in [0.4, 0.5) is 4.79 Å². The summed E-state index contributed by atoms with van der Waals surface area (Å²) in [5.41, 5.74) is -0.417. The Labute approximate surface area is 146 Å². The molecule has 1 aliphatic rings. The Bertz CT molecular complexity index is 446. The number of nitrogens with zero attached hydrogens (tertiary/aromatic N) is 2. The first kappa shape index (κ1) is 20.5. The summed E-state index contributed by atoms with van der Waals surface area (Å²) in [4.78, 5) is 17.8. The van der Waals surface area contributed by atoms with Crippen molar-refractivity contribution < 1.29 is 14.3 Å². The van der Waals surface area contributed by atoms with Crippen LogP contribution >= 0.6 is 0 Å². The lowest BCUT2D eigenvalue weighted by molar-refractivity contribution is 0.00676. The second-order valence-corrected chi connectivity index (χ2v) is 8.27. The van der Waals surface area contributed by atoms with Gasteiger partial charge >= 0.3 is 6.09 Å². The summed E-state index contributed by atoms with van der Waals surface area (Å²) in [6, 6.07) is 0.180. The number of guanidine groups is 1. The van der Waals surface area contributed by atoms with Gasteiger partial charge in [0, 0.05) is 33.8 Å². The van der Waals surface area contributed by atoms with Crippen molar-refractivity contribution in [2.45, 2.75) is 59.3 Å². The molecule has 1 atom stereocenters. The molecule has 0 radical (unpaired) electrons. The normalized spacial score (nSPS) is 18.0. The summed E-state index contributed by atoms with van der Waals surface area (Å²) < 4.78 is 10.9. The monoisotopic (exact) mass is 342 g/mol. The maximum Gasteiger partial charge on any atom is 0.410 e. The summed E-state index contributed by atoms with van der Waals surface area (Å²) in [5.74, 6) is 0.718. The maximum absolute atomic E-state index is 11.9. The largest absolute Gasteiger partial charge is 0.444 e. The summed E-state index contributed by atoms with van der Waals surface area (Å²) in [5, 5.41) is 6.60. The molecule has 0 bridgehead atoms. The van der Waals surface area contributed by atoms with Gasteiger partial charge in [0.05, 0.1) is 12.1 Å². The van der Waals surface area contributed by atoms with Gasteiger partial charge in [-0.2, -0.15) is 0 Å². The van der Waals surface area contributed by atoms with Crippen LogP contribution in [-0.2, 0) is 9.47 Å². The zero-order chi connectivity index (χ0) is 18.5. The summed E-state index contributed by atoms with van der Waals surface area (Å²) >= 11 is 0. The van der Waals surface area contributed by atoms with Crippen molar-refractivity contribution in [2.24, 2.45) is 10.4 Å². The molecule has 7 heteroatoms. The summed E-state index contributed by atoms with van der Waals surface area (Å²) in [6.45, 7) is 13.9. The summed E-state index contributed by atoms with van der Waals surface area (Å²) in [6.07, 6.45) is -0.189. The van der Waals surface area contributed by atoms with Crippen molar-refractivity contribution in [1.82, 2.24) is 15.5 Å². The number of ether oxygens (including phenoxy) is 2. The number of amides is 1. The Hall–Kier alpha value is -1.50. The molecule has 0 spiro atoms. The highest BCUT2D eigenvalue weighted by Gasteiger charge is 2.34. The molecule has 24 heavy (non-hydrogen) atoms. The average molecular weight is 342 g/mol. The van der Waals surface area contributed by atoms with Crippen LogP contribution in [-0.4, -0.2) is 68.5 Å². The molecule has 0 aromatic carbocycles. The number of carbonyl (C=O) groups excluding carboxylic acids is 1. The van der Waals surface area contributed by atoms with Crippen LogP contribution in [0.25, 0.3) is 0 Å². The van der Waals surface area contributed by atoms with E-state index >= 15 is 0 Å². The fourth-order valence-electron chi connectivity index (χ4n) is 2.37. The lowest BCUT2D eigenvalue weighted by Crippen LogP contribution is -2.63. The molecule has 140 valence electrons. The van der Waals surface area contributed by atoms with E-state index in [-0.39, 0.29) is 23.7 Å². The fraction of sp³-hybridized carbons (Fsp3) is 0.882. The predicted molar refractivity (Wildman–Crippen MR) is 96.3 cm³/mol. The third-order valence-corrected chi connectivity index (χ3v) is 3.80. The van der Waals surface area contributed by atoms with Gasteiger partial charge in [0.1, 0.15) is 5.60 Å². The number of nitrogens with one attached hydrogen (secondary N) is 2. The first-order valence-electron chi connectivity index (χ1n) is 8.44. The van der Waals surface area contributed by atoms with E-state index in [0.29, 0.717) is 19.6 Å². The minimum absolute atomic E-state index is 0.0462. The van der Waals surface area contributed by atoms with Gasteiger partial charge in [-0.3, -0.25) is 4.99 Å². The van der Waals surface area contributed by atoms with Gasteiger partial charge < -0.3 is 25.0 Å². The Kier molecular flexibility index (Phi) is 6.89. The Morgan fingerprint density at radius 2 is 1.83 bits per heavy atom. The Balaban J connectivity index is 2.38. The molecule has 1 unspecified atom stereocenters. The number of carbonyl (C=O) groups is 1. The zero-order valence-electron chi connectivity index (χ0n) is 16.4. The maximum atomic E-state index is 11.9. The van der Waals surface area contributed by atoms with E-state index in [0.717, 1.165) is 5.96 Å². The molecule has 1 amide bonds. The van der Waals surface area contributed by atoms with Crippen LogP contribution in [0.1, 0.15) is 41.5 Å². The quantitative estimate of drug-likeness (QED) is 0.602. The molecular formula is C17H34N4O3. The second-order valence-electron chi connectivity index (χ2n) is 8.27. The van der Waals surface area contributed by atoms with Gasteiger partial charge in [-0.1, -0.05) is 20.8 Å². The minimum atomic E-state index is -0.463. The van der Waals surface area contributed by atoms with Crippen LogP contribution in [0, 0.1) is 5.41 Å². The van der Waals surface area contributed by atoms with Gasteiger partial charge in [0.2, 0.25) is 0 Å². The van der Waals surface area contributed by atoms with Crippen LogP contribution in [0.5, 0.6) is 0 Å². The lowest BCUT2D eigenvalue weighted by atomic mass is 9.89. The van der Waals surface area contributed by atoms with E-state index in [1.165, 1.54) is 0 Å². The van der Waals surface area contributed by atoms with Gasteiger partial charge in [-0.15, -0.1) is 0 Å². The van der Waals surface area contributed by atoms with Crippen LogP contribution in [0.2, 0.25) is 0 Å². The first-order valence-corrected chi connectivity index (χ1v) is 8.44. The highest BCUT2D eigenvalue weighted by Crippen LogP contribution is 2.21. The highest BCUT2D eigenvalue weighted by molar-refractivity contribution is 5.80. The van der Waals surface area contributed by atoms with Crippen molar-refractivity contribution >= 4 is 12.1 Å². The SMILES string of the molecule is CN=C(NCC(OC)C(C)(C)C)NC1CN(C(=O)OC(C)(C)C)C1. The minimum Gasteiger partial charge on any atom is -0.444 e. The van der Waals surface area contributed by atoms with E-state index in [1.54, 1.807) is 19.1 Å². The first-order chi connectivity index (χ1) is 11.0. The van der Waals surface area contributed by atoms with E-state index in [2.05, 4.69) is 36.4 Å². The van der Waals surface area contributed by atoms with Gasteiger partial charge in [0.25, 0.3) is 0 Å². The van der Waals surface area contributed by atoms with Gasteiger partial charge in [-0.05, 0) is 26.2 Å². The predicted octanol–water partition coefficient (Wildman–Crippen LogP) is 1.83. The number of hydrogen-bond acceptors (Lipinski definition) is 4. The molecule has 1 fully saturated rings. The average Bonchev–Trinajstić information content (AvgIpc) is 2.36. The molecule has 1 aliphatic heterocycles. The molecule has 1 heterocycles. The Morgan fingerprint density at radius 1 is 1.25 bits per heavy atom. The van der Waals surface area contributed by atoms with Crippen LogP contribution in [0.15, 0.2) is 4.99 Å². The van der Waals surface area contributed by atoms with Crippen molar-refractivity contribution in [3.05, 3.63) is 0 Å². The van der Waals surface area contributed by atoms with E-state index < -0.39 is 5.60 Å². The number of methoxy groups -OCH3 is 1. The van der Waals surface area contributed by atoms with Crippen molar-refractivity contribution in [1.29, 1.82) is 0 Å². The van der Waals surface area contributed by atoms with Crippen LogP contribution < -0.4 is 10.6 Å². The molecule has 0 aromatic rings. The van der Waals surface area contributed by atoms with E-state index in [1.807, 2.05) is 20.8 Å². The molecular weight excluding hydrogens is 308 g/mol. The zero-order valence-corrected chi connectivity index (χ0v) is 16.4. The third kappa shape index (κ3) is 6.55.